The van der Waals surface area contributed by atoms with Crippen LogP contribution in [0.1, 0.15) is 20.9 Å². The Bertz CT molecular complexity index is 1340. The van der Waals surface area contributed by atoms with E-state index in [1.807, 2.05) is 22.7 Å². The first-order valence-electron chi connectivity index (χ1n) is 11.4. The molecule has 2 aromatic heterocycles. The van der Waals surface area contributed by atoms with Gasteiger partial charge in [-0.3, -0.25) is 0 Å². The van der Waals surface area contributed by atoms with Crippen molar-refractivity contribution in [2.75, 3.05) is 0 Å². The summed E-state index contributed by atoms with van der Waals surface area (Å²) in [7, 11) is 0. The highest BCUT2D eigenvalue weighted by Gasteiger charge is 2.32. The number of aryl methyl sites for hydroxylation is 2. The minimum absolute atomic E-state index is 1.15. The van der Waals surface area contributed by atoms with Crippen molar-refractivity contribution in [2.24, 2.45) is 0 Å². The van der Waals surface area contributed by atoms with Gasteiger partial charge in [-0.15, -0.1) is 22.7 Å². The Morgan fingerprint density at radius 1 is 0.438 bits per heavy atom. The van der Waals surface area contributed by atoms with Crippen LogP contribution in [0.3, 0.4) is 0 Å². The molecule has 2 aliphatic rings. The van der Waals surface area contributed by atoms with Crippen molar-refractivity contribution in [3.63, 3.8) is 0 Å². The van der Waals surface area contributed by atoms with Crippen molar-refractivity contribution in [1.29, 1.82) is 0 Å². The molecule has 0 bridgehead atoms. The maximum Gasteiger partial charge on any atom is 0.0127 e. The molecule has 2 heteroatoms. The molecule has 5 aromatic rings. The van der Waals surface area contributed by atoms with Gasteiger partial charge in [-0.1, -0.05) is 60.7 Å². The summed E-state index contributed by atoms with van der Waals surface area (Å²) in [6, 6.07) is 26.9. The summed E-state index contributed by atoms with van der Waals surface area (Å²) in [5.74, 6) is 0. The Balaban J connectivity index is 1.71. The van der Waals surface area contributed by atoms with Crippen LogP contribution >= 0.6 is 22.7 Å². The molecule has 0 amide bonds. The molecule has 0 saturated carbocycles. The van der Waals surface area contributed by atoms with E-state index < -0.39 is 0 Å². The van der Waals surface area contributed by atoms with E-state index >= 15 is 0 Å². The van der Waals surface area contributed by atoms with Gasteiger partial charge in [0.1, 0.15) is 0 Å². The van der Waals surface area contributed by atoms with Gasteiger partial charge >= 0.3 is 0 Å². The molecule has 0 aliphatic heterocycles. The molecule has 32 heavy (non-hydrogen) atoms. The third kappa shape index (κ3) is 2.66. The molecule has 0 N–H and O–H groups in total. The van der Waals surface area contributed by atoms with Gasteiger partial charge in [-0.05, 0) is 104 Å². The van der Waals surface area contributed by atoms with Crippen molar-refractivity contribution in [1.82, 2.24) is 0 Å². The van der Waals surface area contributed by atoms with Crippen LogP contribution in [0.2, 0.25) is 0 Å². The third-order valence-corrected chi connectivity index (χ3v) is 9.04. The Kier molecular flexibility index (Phi) is 4.25. The summed E-state index contributed by atoms with van der Waals surface area (Å²) >= 11 is 3.85. The van der Waals surface area contributed by atoms with Crippen molar-refractivity contribution in [3.8, 4) is 44.5 Å². The fourth-order valence-corrected chi connectivity index (χ4v) is 7.55. The fraction of sp³-hybridized carbons (Fsp3) is 0.133. The van der Waals surface area contributed by atoms with Crippen LogP contribution < -0.4 is 0 Å². The van der Waals surface area contributed by atoms with Gasteiger partial charge in [0.05, 0.1) is 0 Å². The lowest BCUT2D eigenvalue weighted by molar-refractivity contribution is 0.893. The topological polar surface area (TPSA) is 0 Å². The number of thiophene rings is 2. The van der Waals surface area contributed by atoms with E-state index in [-0.39, 0.29) is 0 Å². The molecule has 0 radical (unpaired) electrons. The largest absolute Gasteiger partial charge is 0.148 e. The van der Waals surface area contributed by atoms with E-state index in [4.69, 9.17) is 0 Å². The van der Waals surface area contributed by atoms with E-state index in [1.165, 1.54) is 57.3 Å². The number of hydrogen-bond donors (Lipinski definition) is 0. The maximum absolute atomic E-state index is 2.37. The van der Waals surface area contributed by atoms with Crippen molar-refractivity contribution in [3.05, 3.63) is 104 Å². The minimum atomic E-state index is 1.15. The minimum Gasteiger partial charge on any atom is -0.148 e. The van der Waals surface area contributed by atoms with Crippen molar-refractivity contribution >= 4 is 22.7 Å². The summed E-state index contributed by atoms with van der Waals surface area (Å²) in [6.45, 7) is 0. The lowest BCUT2D eigenvalue weighted by atomic mass is 9.72. The first-order valence-corrected chi connectivity index (χ1v) is 13.1. The quantitative estimate of drug-likeness (QED) is 0.254. The van der Waals surface area contributed by atoms with Gasteiger partial charge in [0.15, 0.2) is 0 Å². The number of rotatable bonds is 2. The second-order valence-corrected chi connectivity index (χ2v) is 10.7. The van der Waals surface area contributed by atoms with Crippen molar-refractivity contribution in [2.45, 2.75) is 25.7 Å². The van der Waals surface area contributed by atoms with Gasteiger partial charge in [0.25, 0.3) is 0 Å². The molecule has 0 saturated heterocycles. The van der Waals surface area contributed by atoms with Crippen LogP contribution in [0.5, 0.6) is 0 Å². The highest BCUT2D eigenvalue weighted by atomic mass is 32.1. The highest BCUT2D eigenvalue weighted by molar-refractivity contribution is 7.10. The van der Waals surface area contributed by atoms with Gasteiger partial charge in [-0.2, -0.15) is 0 Å². The second-order valence-electron chi connectivity index (χ2n) is 8.70. The van der Waals surface area contributed by atoms with E-state index in [1.54, 1.807) is 20.9 Å². The van der Waals surface area contributed by atoms with Gasteiger partial charge < -0.3 is 0 Å². The SMILES string of the molecule is c1ccc(-c2c3c(c4c(c2-c2ccccc2)-c2ccsc2CC4)CCc2sccc2-3)cc1. The third-order valence-electron chi connectivity index (χ3n) is 7.08. The molecule has 3 aromatic carbocycles. The Hall–Kier alpha value is -2.94. The van der Waals surface area contributed by atoms with Crippen LogP contribution in [0, 0.1) is 0 Å². The van der Waals surface area contributed by atoms with E-state index in [0.717, 1.165) is 12.8 Å². The Morgan fingerprint density at radius 3 is 1.31 bits per heavy atom. The summed E-state index contributed by atoms with van der Waals surface area (Å²) in [4.78, 5) is 3.08. The highest BCUT2D eigenvalue weighted by Crippen LogP contribution is 2.54. The first-order chi connectivity index (χ1) is 15.9. The molecule has 2 aliphatic carbocycles. The average Bonchev–Trinajstić information content (AvgIpc) is 3.53. The molecule has 0 unspecified atom stereocenters. The zero-order chi connectivity index (χ0) is 21.1. The number of hydrogen-bond acceptors (Lipinski definition) is 2. The first kappa shape index (κ1) is 18.6. The monoisotopic (exact) mass is 446 g/mol. The molecule has 2 heterocycles. The normalized spacial score (nSPS) is 13.8. The molecule has 0 fully saturated rings. The Labute approximate surface area is 196 Å². The fourth-order valence-electron chi connectivity index (χ4n) is 5.78. The summed E-state index contributed by atoms with van der Waals surface area (Å²) in [5, 5.41) is 4.57. The lowest BCUT2D eigenvalue weighted by Crippen LogP contribution is -2.13. The van der Waals surface area contributed by atoms with Crippen LogP contribution in [-0.4, -0.2) is 0 Å². The number of fused-ring (bicyclic) bond motifs is 7. The maximum atomic E-state index is 2.37. The zero-order valence-corrected chi connectivity index (χ0v) is 19.4. The van der Waals surface area contributed by atoms with Gasteiger partial charge in [0, 0.05) is 9.75 Å². The molecule has 0 nitrogen and oxygen atoms in total. The smallest absolute Gasteiger partial charge is 0.0127 e. The van der Waals surface area contributed by atoms with Crippen LogP contribution in [0.25, 0.3) is 44.5 Å². The predicted octanol–water partition coefficient (Wildman–Crippen LogP) is 8.67. The predicted molar refractivity (Wildman–Crippen MR) is 139 cm³/mol. The van der Waals surface area contributed by atoms with Gasteiger partial charge in [0.2, 0.25) is 0 Å². The van der Waals surface area contributed by atoms with E-state index in [9.17, 15) is 0 Å². The lowest BCUT2D eigenvalue weighted by Gasteiger charge is -2.32. The standard InChI is InChI=1S/C30H22S2/c1-3-7-19(8-4-1)27-28(20-9-5-2-6-10-20)30-22(12-14-26-24(30)16-18-32-26)21-11-13-25-23(29(21)27)15-17-31-25/h1-10,15-18H,11-14H2. The van der Waals surface area contributed by atoms with E-state index in [2.05, 4.69) is 83.6 Å². The number of benzene rings is 3. The van der Waals surface area contributed by atoms with Crippen molar-refractivity contribution < 1.29 is 0 Å². The van der Waals surface area contributed by atoms with Crippen LogP contribution in [0.15, 0.2) is 83.6 Å². The Morgan fingerprint density at radius 2 is 0.875 bits per heavy atom. The molecule has 7 rings (SSSR count). The molecule has 0 atom stereocenters. The summed E-state index contributed by atoms with van der Waals surface area (Å²) < 4.78 is 0. The second kappa shape index (κ2) is 7.30. The zero-order valence-electron chi connectivity index (χ0n) is 17.7. The summed E-state index contributed by atoms with van der Waals surface area (Å²) in [5.41, 5.74) is 14.6. The molecule has 154 valence electrons. The molecular weight excluding hydrogens is 424 g/mol. The van der Waals surface area contributed by atoms with Crippen LogP contribution in [-0.2, 0) is 25.7 Å². The average molecular weight is 447 g/mol. The van der Waals surface area contributed by atoms with Gasteiger partial charge in [-0.25, -0.2) is 0 Å². The molecule has 0 spiro atoms. The van der Waals surface area contributed by atoms with Crippen LogP contribution in [0.4, 0.5) is 0 Å². The van der Waals surface area contributed by atoms with E-state index in [0.29, 0.717) is 0 Å². The molecular formula is C30H22S2. The summed E-state index contributed by atoms with van der Waals surface area (Å²) in [6.07, 6.45) is 4.64.